The Morgan fingerprint density at radius 2 is 1.97 bits per heavy atom. The molecule has 1 aliphatic rings. The lowest BCUT2D eigenvalue weighted by Crippen LogP contribution is -2.41. The Kier molecular flexibility index (Phi) is 7.02. The maximum absolute atomic E-state index is 11.7. The number of methoxy groups -OCH3 is 1. The Hall–Kier alpha value is -3.38. The van der Waals surface area contributed by atoms with Gasteiger partial charge in [-0.25, -0.2) is 0 Å². The van der Waals surface area contributed by atoms with Crippen molar-refractivity contribution >= 4 is 5.97 Å². The van der Waals surface area contributed by atoms with Crippen LogP contribution < -0.4 is 9.47 Å². The van der Waals surface area contributed by atoms with Gasteiger partial charge in [0.1, 0.15) is 6.61 Å². The number of pyridine rings is 1. The van der Waals surface area contributed by atoms with Gasteiger partial charge in [-0.1, -0.05) is 42.5 Å². The number of ether oxygens (including phenoxy) is 2. The van der Waals surface area contributed by atoms with Crippen molar-refractivity contribution in [1.82, 2.24) is 9.88 Å². The molecule has 4 rings (SSSR count). The van der Waals surface area contributed by atoms with Gasteiger partial charge in [-0.3, -0.25) is 14.7 Å². The molecule has 3 aromatic rings. The van der Waals surface area contributed by atoms with E-state index in [1.165, 1.54) is 0 Å². The third-order valence-electron chi connectivity index (χ3n) is 5.91. The molecule has 32 heavy (non-hydrogen) atoms. The number of benzene rings is 2. The number of rotatable bonds is 8. The predicted octanol–water partition coefficient (Wildman–Crippen LogP) is 4.56. The first-order valence-electron chi connectivity index (χ1n) is 10.9. The molecule has 6 nitrogen and oxygen atoms in total. The van der Waals surface area contributed by atoms with Crippen LogP contribution in [-0.2, 0) is 11.4 Å². The zero-order chi connectivity index (χ0) is 22.3. The van der Waals surface area contributed by atoms with Crippen molar-refractivity contribution in [3.63, 3.8) is 0 Å². The lowest BCUT2D eigenvalue weighted by atomic mass is 9.92. The summed E-state index contributed by atoms with van der Waals surface area (Å²) in [7, 11) is 1.63. The molecule has 2 atom stereocenters. The third-order valence-corrected chi connectivity index (χ3v) is 5.91. The Morgan fingerprint density at radius 3 is 2.69 bits per heavy atom. The topological polar surface area (TPSA) is 71.9 Å². The van der Waals surface area contributed by atoms with Gasteiger partial charge in [0, 0.05) is 18.9 Å². The molecule has 0 radical (unpaired) electrons. The van der Waals surface area contributed by atoms with Crippen LogP contribution in [0.5, 0.6) is 11.5 Å². The van der Waals surface area contributed by atoms with E-state index in [2.05, 4.69) is 9.88 Å². The fourth-order valence-corrected chi connectivity index (χ4v) is 4.30. The van der Waals surface area contributed by atoms with E-state index >= 15 is 0 Å². The van der Waals surface area contributed by atoms with Gasteiger partial charge in [-0.05, 0) is 54.3 Å². The Labute approximate surface area is 188 Å². The zero-order valence-electron chi connectivity index (χ0n) is 18.2. The third kappa shape index (κ3) is 5.08. The number of aliphatic carboxylic acids is 1. The lowest BCUT2D eigenvalue weighted by Gasteiger charge is -2.37. The molecule has 0 amide bonds. The minimum atomic E-state index is -0.734. The molecule has 0 spiro atoms. The number of carbonyl (C=O) groups is 1. The van der Waals surface area contributed by atoms with E-state index in [1.807, 2.05) is 66.9 Å². The van der Waals surface area contributed by atoms with Gasteiger partial charge in [0.05, 0.1) is 19.1 Å². The number of nitrogens with zero attached hydrogens (tertiary/aromatic N) is 2. The molecule has 0 bridgehead atoms. The standard InChI is InChI=1S/C26H28N2O4/c1-31-24-15-20(11-12-23(24)32-18-19-7-3-2-4-8-19)25(21-9-5-13-27-16-21)28-14-6-10-22(17-28)26(29)30/h2-5,7-9,11-13,15-16,22,25H,6,10,14,17-18H2,1H3,(H,29,30). The van der Waals surface area contributed by atoms with Crippen molar-refractivity contribution in [1.29, 1.82) is 0 Å². The molecule has 6 heteroatoms. The van der Waals surface area contributed by atoms with Crippen LogP contribution in [0.1, 0.15) is 35.6 Å². The Morgan fingerprint density at radius 1 is 1.12 bits per heavy atom. The molecule has 0 saturated carbocycles. The SMILES string of the molecule is COc1cc(C(c2cccnc2)N2CCCC(C(=O)O)C2)ccc1OCc1ccccc1. The summed E-state index contributed by atoms with van der Waals surface area (Å²) in [4.78, 5) is 18.2. The Balaban J connectivity index is 1.62. The first-order valence-corrected chi connectivity index (χ1v) is 10.9. The van der Waals surface area contributed by atoms with Crippen molar-refractivity contribution in [2.75, 3.05) is 20.2 Å². The van der Waals surface area contributed by atoms with Gasteiger partial charge in [0.2, 0.25) is 0 Å². The summed E-state index contributed by atoms with van der Waals surface area (Å²) in [6.45, 7) is 1.79. The molecule has 1 fully saturated rings. The second kappa shape index (κ2) is 10.3. The molecule has 1 saturated heterocycles. The Bertz CT molecular complexity index is 1030. The van der Waals surface area contributed by atoms with Crippen LogP contribution in [0.15, 0.2) is 73.1 Å². The number of likely N-dealkylation sites (tertiary alicyclic amines) is 1. The highest BCUT2D eigenvalue weighted by atomic mass is 16.5. The molecular weight excluding hydrogens is 404 g/mol. The molecule has 2 unspecified atom stereocenters. The maximum atomic E-state index is 11.7. The minimum Gasteiger partial charge on any atom is -0.493 e. The van der Waals surface area contributed by atoms with Crippen molar-refractivity contribution in [3.8, 4) is 11.5 Å². The van der Waals surface area contributed by atoms with E-state index < -0.39 is 5.97 Å². The molecular formula is C26H28N2O4. The van der Waals surface area contributed by atoms with Gasteiger partial charge in [-0.15, -0.1) is 0 Å². The summed E-state index contributed by atoms with van der Waals surface area (Å²) in [6.07, 6.45) is 5.16. The highest BCUT2D eigenvalue weighted by Gasteiger charge is 2.31. The van der Waals surface area contributed by atoms with Crippen molar-refractivity contribution in [3.05, 3.63) is 89.7 Å². The number of piperidine rings is 1. The quantitative estimate of drug-likeness (QED) is 0.563. The average molecular weight is 433 g/mol. The molecule has 1 N–H and O–H groups in total. The van der Waals surface area contributed by atoms with Crippen LogP contribution in [0.4, 0.5) is 0 Å². The fourth-order valence-electron chi connectivity index (χ4n) is 4.30. The number of hydrogen-bond donors (Lipinski definition) is 1. The van der Waals surface area contributed by atoms with E-state index in [-0.39, 0.29) is 12.0 Å². The molecule has 2 heterocycles. The molecule has 1 aromatic heterocycles. The normalized spacial score (nSPS) is 17.5. The second-order valence-corrected chi connectivity index (χ2v) is 8.05. The number of hydrogen-bond acceptors (Lipinski definition) is 5. The predicted molar refractivity (Wildman–Crippen MR) is 122 cm³/mol. The monoisotopic (exact) mass is 432 g/mol. The number of carboxylic acids is 1. The highest BCUT2D eigenvalue weighted by Crippen LogP contribution is 2.37. The summed E-state index contributed by atoms with van der Waals surface area (Å²) in [5.41, 5.74) is 3.13. The van der Waals surface area contributed by atoms with Crippen molar-refractivity contribution in [2.24, 2.45) is 5.92 Å². The van der Waals surface area contributed by atoms with Gasteiger partial charge in [0.15, 0.2) is 11.5 Å². The number of carboxylic acid groups (broad SMARTS) is 1. The van der Waals surface area contributed by atoms with Gasteiger partial charge in [0.25, 0.3) is 0 Å². The smallest absolute Gasteiger partial charge is 0.307 e. The minimum absolute atomic E-state index is 0.108. The van der Waals surface area contributed by atoms with Crippen LogP contribution in [0.2, 0.25) is 0 Å². The molecule has 1 aliphatic heterocycles. The van der Waals surface area contributed by atoms with E-state index in [0.717, 1.165) is 29.7 Å². The van der Waals surface area contributed by atoms with Crippen molar-refractivity contribution < 1.29 is 19.4 Å². The van der Waals surface area contributed by atoms with Gasteiger partial charge >= 0.3 is 5.97 Å². The van der Waals surface area contributed by atoms with Crippen LogP contribution in [0, 0.1) is 5.92 Å². The molecule has 166 valence electrons. The molecule has 2 aromatic carbocycles. The fraction of sp³-hybridized carbons (Fsp3) is 0.308. The number of aromatic nitrogens is 1. The second-order valence-electron chi connectivity index (χ2n) is 8.05. The van der Waals surface area contributed by atoms with Crippen LogP contribution in [0.3, 0.4) is 0 Å². The van der Waals surface area contributed by atoms with Gasteiger partial charge in [-0.2, -0.15) is 0 Å². The average Bonchev–Trinajstić information content (AvgIpc) is 2.84. The van der Waals surface area contributed by atoms with E-state index in [4.69, 9.17) is 9.47 Å². The van der Waals surface area contributed by atoms with E-state index in [9.17, 15) is 9.90 Å². The maximum Gasteiger partial charge on any atom is 0.307 e. The zero-order valence-corrected chi connectivity index (χ0v) is 18.2. The van der Waals surface area contributed by atoms with Crippen molar-refractivity contribution in [2.45, 2.75) is 25.5 Å². The van der Waals surface area contributed by atoms with Crippen LogP contribution in [-0.4, -0.2) is 41.2 Å². The van der Waals surface area contributed by atoms with Crippen LogP contribution in [0.25, 0.3) is 0 Å². The van der Waals surface area contributed by atoms with E-state index in [1.54, 1.807) is 13.3 Å². The van der Waals surface area contributed by atoms with Crippen LogP contribution >= 0.6 is 0 Å². The lowest BCUT2D eigenvalue weighted by molar-refractivity contribution is -0.143. The van der Waals surface area contributed by atoms with E-state index in [0.29, 0.717) is 31.1 Å². The summed E-state index contributed by atoms with van der Waals surface area (Å²) < 4.78 is 11.7. The summed E-state index contributed by atoms with van der Waals surface area (Å²) in [5.74, 6) is 0.228. The highest BCUT2D eigenvalue weighted by molar-refractivity contribution is 5.70. The first-order chi connectivity index (χ1) is 15.7. The summed E-state index contributed by atoms with van der Waals surface area (Å²) in [5, 5.41) is 9.57. The first kappa shape index (κ1) is 21.8. The molecule has 0 aliphatic carbocycles. The summed E-state index contributed by atoms with van der Waals surface area (Å²) >= 11 is 0. The summed E-state index contributed by atoms with van der Waals surface area (Å²) in [6, 6.07) is 19.8. The van der Waals surface area contributed by atoms with Gasteiger partial charge < -0.3 is 14.6 Å². The largest absolute Gasteiger partial charge is 0.493 e.